The maximum atomic E-state index is 12.3. The minimum atomic E-state index is -0.158. The number of amides is 1. The standard InChI is InChI=1S/C18H18BrNO3/c19-14-6-8-15(9-7-14)20-18(21)13-3-1-4-16(11-13)23-12-17-5-2-10-22-17/h1,3-4,6-9,11,17H,2,5,10,12H2,(H,20,21). The Hall–Kier alpha value is -1.85. The average Bonchev–Trinajstić information content (AvgIpc) is 3.09. The van der Waals surface area contributed by atoms with Crippen molar-refractivity contribution in [1.82, 2.24) is 0 Å². The van der Waals surface area contributed by atoms with Crippen LogP contribution >= 0.6 is 15.9 Å². The third-order valence-corrected chi connectivity index (χ3v) is 4.19. The first kappa shape index (κ1) is 16.0. The van der Waals surface area contributed by atoms with Crippen molar-refractivity contribution < 1.29 is 14.3 Å². The molecular formula is C18H18BrNO3. The molecule has 23 heavy (non-hydrogen) atoms. The summed E-state index contributed by atoms with van der Waals surface area (Å²) in [6.45, 7) is 1.33. The van der Waals surface area contributed by atoms with Crippen LogP contribution in [0.1, 0.15) is 23.2 Å². The molecule has 1 heterocycles. The van der Waals surface area contributed by atoms with Crippen LogP contribution in [0.5, 0.6) is 5.75 Å². The number of ether oxygens (including phenoxy) is 2. The Morgan fingerprint density at radius 2 is 2.09 bits per heavy atom. The number of benzene rings is 2. The molecule has 2 aromatic rings. The molecule has 1 N–H and O–H groups in total. The van der Waals surface area contributed by atoms with E-state index in [9.17, 15) is 4.79 Å². The van der Waals surface area contributed by atoms with Crippen LogP contribution in [0.15, 0.2) is 53.0 Å². The van der Waals surface area contributed by atoms with Gasteiger partial charge in [-0.2, -0.15) is 0 Å². The second kappa shape index (κ2) is 7.62. The summed E-state index contributed by atoms with van der Waals surface area (Å²) in [5.41, 5.74) is 1.32. The van der Waals surface area contributed by atoms with Gasteiger partial charge in [-0.15, -0.1) is 0 Å². The first-order chi connectivity index (χ1) is 11.2. The Morgan fingerprint density at radius 3 is 2.83 bits per heavy atom. The molecule has 2 aromatic carbocycles. The van der Waals surface area contributed by atoms with Crippen LogP contribution in [0.2, 0.25) is 0 Å². The molecule has 0 aliphatic carbocycles. The van der Waals surface area contributed by atoms with Crippen LogP contribution in [0.3, 0.4) is 0 Å². The summed E-state index contributed by atoms with van der Waals surface area (Å²) in [5, 5.41) is 2.87. The van der Waals surface area contributed by atoms with Gasteiger partial charge in [-0.25, -0.2) is 0 Å². The second-order valence-corrected chi connectivity index (χ2v) is 6.35. The Kier molecular flexibility index (Phi) is 5.31. The summed E-state index contributed by atoms with van der Waals surface area (Å²) in [7, 11) is 0. The van der Waals surface area contributed by atoms with E-state index in [0.717, 1.165) is 29.6 Å². The molecular weight excluding hydrogens is 358 g/mol. The number of carbonyl (C=O) groups is 1. The van der Waals surface area contributed by atoms with Gasteiger partial charge in [-0.05, 0) is 55.3 Å². The number of carbonyl (C=O) groups excluding carboxylic acids is 1. The van der Waals surface area contributed by atoms with E-state index < -0.39 is 0 Å². The van der Waals surface area contributed by atoms with E-state index in [2.05, 4.69) is 21.2 Å². The van der Waals surface area contributed by atoms with E-state index in [0.29, 0.717) is 17.9 Å². The minimum absolute atomic E-state index is 0.158. The smallest absolute Gasteiger partial charge is 0.255 e. The van der Waals surface area contributed by atoms with Gasteiger partial charge in [-0.3, -0.25) is 4.79 Å². The van der Waals surface area contributed by atoms with Crippen LogP contribution in [-0.2, 0) is 4.74 Å². The highest BCUT2D eigenvalue weighted by molar-refractivity contribution is 9.10. The lowest BCUT2D eigenvalue weighted by atomic mass is 10.2. The van der Waals surface area contributed by atoms with Crippen molar-refractivity contribution in [1.29, 1.82) is 0 Å². The number of nitrogens with one attached hydrogen (secondary N) is 1. The van der Waals surface area contributed by atoms with Crippen LogP contribution in [-0.4, -0.2) is 25.2 Å². The number of hydrogen-bond acceptors (Lipinski definition) is 3. The maximum absolute atomic E-state index is 12.3. The molecule has 0 spiro atoms. The first-order valence-corrected chi connectivity index (χ1v) is 8.41. The second-order valence-electron chi connectivity index (χ2n) is 5.43. The molecule has 1 atom stereocenters. The highest BCUT2D eigenvalue weighted by Crippen LogP contribution is 2.19. The molecule has 0 radical (unpaired) electrons. The molecule has 4 nitrogen and oxygen atoms in total. The summed E-state index contributed by atoms with van der Waals surface area (Å²) in [6, 6.07) is 14.7. The summed E-state index contributed by atoms with van der Waals surface area (Å²) in [6.07, 6.45) is 2.28. The number of hydrogen-bond donors (Lipinski definition) is 1. The largest absolute Gasteiger partial charge is 0.491 e. The summed E-state index contributed by atoms with van der Waals surface area (Å²) >= 11 is 3.37. The highest BCUT2D eigenvalue weighted by atomic mass is 79.9. The fourth-order valence-corrected chi connectivity index (χ4v) is 2.69. The van der Waals surface area contributed by atoms with E-state index >= 15 is 0 Å². The van der Waals surface area contributed by atoms with Crippen molar-refractivity contribution >= 4 is 27.5 Å². The SMILES string of the molecule is O=C(Nc1ccc(Br)cc1)c1cccc(OCC2CCCO2)c1. The van der Waals surface area contributed by atoms with Crippen molar-refractivity contribution in [2.45, 2.75) is 18.9 Å². The maximum Gasteiger partial charge on any atom is 0.255 e. The Labute approximate surface area is 143 Å². The molecule has 3 rings (SSSR count). The third-order valence-electron chi connectivity index (χ3n) is 3.66. The molecule has 1 saturated heterocycles. The Bertz CT molecular complexity index is 666. The number of anilines is 1. The quantitative estimate of drug-likeness (QED) is 0.848. The molecule has 1 fully saturated rings. The summed E-state index contributed by atoms with van der Waals surface area (Å²) in [4.78, 5) is 12.3. The normalized spacial score (nSPS) is 17.0. The zero-order chi connectivity index (χ0) is 16.1. The lowest BCUT2D eigenvalue weighted by molar-refractivity contribution is 0.0679. The van der Waals surface area contributed by atoms with Crippen LogP contribution in [0.25, 0.3) is 0 Å². The van der Waals surface area contributed by atoms with Gasteiger partial charge < -0.3 is 14.8 Å². The molecule has 5 heteroatoms. The molecule has 0 saturated carbocycles. The van der Waals surface area contributed by atoms with E-state index in [-0.39, 0.29) is 12.0 Å². The van der Waals surface area contributed by atoms with Gasteiger partial charge in [0.1, 0.15) is 12.4 Å². The third kappa shape index (κ3) is 4.56. The molecule has 1 aliphatic heterocycles. The van der Waals surface area contributed by atoms with Crippen molar-refractivity contribution in [2.24, 2.45) is 0 Å². The summed E-state index contributed by atoms with van der Waals surface area (Å²) < 4.78 is 12.2. The fraction of sp³-hybridized carbons (Fsp3) is 0.278. The van der Waals surface area contributed by atoms with Gasteiger partial charge in [0.25, 0.3) is 5.91 Å². The van der Waals surface area contributed by atoms with Gasteiger partial charge in [0.2, 0.25) is 0 Å². The minimum Gasteiger partial charge on any atom is -0.491 e. The lowest BCUT2D eigenvalue weighted by Gasteiger charge is -2.12. The summed E-state index contributed by atoms with van der Waals surface area (Å²) in [5.74, 6) is 0.527. The van der Waals surface area contributed by atoms with E-state index in [1.807, 2.05) is 36.4 Å². The van der Waals surface area contributed by atoms with Crippen LogP contribution < -0.4 is 10.1 Å². The predicted octanol–water partition coefficient (Wildman–Crippen LogP) is 4.26. The van der Waals surface area contributed by atoms with E-state index in [1.165, 1.54) is 0 Å². The zero-order valence-electron chi connectivity index (χ0n) is 12.6. The van der Waals surface area contributed by atoms with Crippen molar-refractivity contribution in [2.75, 3.05) is 18.5 Å². The number of halogens is 1. The molecule has 120 valence electrons. The molecule has 1 amide bonds. The van der Waals surface area contributed by atoms with Gasteiger partial charge >= 0.3 is 0 Å². The highest BCUT2D eigenvalue weighted by Gasteiger charge is 2.16. The van der Waals surface area contributed by atoms with Crippen molar-refractivity contribution in [3.63, 3.8) is 0 Å². The van der Waals surface area contributed by atoms with Crippen molar-refractivity contribution in [3.8, 4) is 5.75 Å². The molecule has 1 aliphatic rings. The van der Waals surface area contributed by atoms with Crippen LogP contribution in [0.4, 0.5) is 5.69 Å². The van der Waals surface area contributed by atoms with Gasteiger partial charge in [0.05, 0.1) is 6.10 Å². The Morgan fingerprint density at radius 1 is 1.26 bits per heavy atom. The average molecular weight is 376 g/mol. The molecule has 0 bridgehead atoms. The van der Waals surface area contributed by atoms with E-state index in [4.69, 9.17) is 9.47 Å². The molecule has 0 aromatic heterocycles. The Balaban J connectivity index is 1.61. The van der Waals surface area contributed by atoms with Gasteiger partial charge in [-0.1, -0.05) is 22.0 Å². The number of rotatable bonds is 5. The lowest BCUT2D eigenvalue weighted by Crippen LogP contribution is -2.17. The van der Waals surface area contributed by atoms with Gasteiger partial charge in [0, 0.05) is 22.3 Å². The zero-order valence-corrected chi connectivity index (χ0v) is 14.2. The van der Waals surface area contributed by atoms with Gasteiger partial charge in [0.15, 0.2) is 0 Å². The predicted molar refractivity (Wildman–Crippen MR) is 93.0 cm³/mol. The monoisotopic (exact) mass is 375 g/mol. The first-order valence-electron chi connectivity index (χ1n) is 7.62. The van der Waals surface area contributed by atoms with E-state index in [1.54, 1.807) is 12.1 Å². The van der Waals surface area contributed by atoms with Crippen molar-refractivity contribution in [3.05, 3.63) is 58.6 Å². The van der Waals surface area contributed by atoms with Crippen LogP contribution in [0, 0.1) is 0 Å². The fourth-order valence-electron chi connectivity index (χ4n) is 2.43. The molecule has 1 unspecified atom stereocenters. The topological polar surface area (TPSA) is 47.6 Å².